The third-order valence-corrected chi connectivity index (χ3v) is 2.56. The minimum atomic E-state index is -3.27. The van der Waals surface area contributed by atoms with Crippen molar-refractivity contribution in [2.75, 3.05) is 19.6 Å². The Morgan fingerprint density at radius 1 is 1.15 bits per heavy atom. The fraction of sp³-hybridized carbons (Fsp3) is 1.00. The fourth-order valence-electron chi connectivity index (χ4n) is 0.787. The van der Waals surface area contributed by atoms with Crippen LogP contribution in [0, 0.1) is 0 Å². The molecule has 0 aliphatic rings. The van der Waals surface area contributed by atoms with E-state index in [9.17, 15) is 8.42 Å². The fourth-order valence-corrected chi connectivity index (χ4v) is 1.64. The maximum absolute atomic E-state index is 11.0. The van der Waals surface area contributed by atoms with Crippen molar-refractivity contribution in [3.8, 4) is 0 Å². The summed E-state index contributed by atoms with van der Waals surface area (Å²) in [6.07, 6.45) is 0. The summed E-state index contributed by atoms with van der Waals surface area (Å²) in [4.78, 5) is 0. The first-order chi connectivity index (χ1) is 5.98. The molecule has 0 fully saturated rings. The molecule has 0 heterocycles. The Hall–Kier alpha value is -0.170. The van der Waals surface area contributed by atoms with E-state index in [4.69, 9.17) is 0 Å². The van der Waals surface area contributed by atoms with Gasteiger partial charge in [0.05, 0.1) is 0 Å². The molecule has 80 valence electrons. The average Bonchev–Trinajstić information content (AvgIpc) is 1.98. The van der Waals surface area contributed by atoms with Crippen LogP contribution >= 0.6 is 0 Å². The van der Waals surface area contributed by atoms with Gasteiger partial charge in [-0.15, -0.1) is 0 Å². The topological polar surface area (TPSA) is 70.2 Å². The van der Waals surface area contributed by atoms with Crippen LogP contribution in [0.5, 0.6) is 0 Å². The van der Waals surface area contributed by atoms with E-state index < -0.39 is 10.2 Å². The molecule has 5 nitrogen and oxygen atoms in total. The standard InChI is InChI=1S/C7H19N3O2S/c1-4-9-13(11,12)10-6-5-8-7(2)3/h7-10H,4-6H2,1-3H3. The Balaban J connectivity index is 3.53. The number of nitrogens with one attached hydrogen (secondary N) is 3. The van der Waals surface area contributed by atoms with E-state index in [1.807, 2.05) is 13.8 Å². The highest BCUT2D eigenvalue weighted by molar-refractivity contribution is 7.87. The largest absolute Gasteiger partial charge is 0.313 e. The summed E-state index contributed by atoms with van der Waals surface area (Å²) in [5.74, 6) is 0. The van der Waals surface area contributed by atoms with Crippen molar-refractivity contribution >= 4 is 10.2 Å². The first-order valence-corrected chi connectivity index (χ1v) is 5.94. The van der Waals surface area contributed by atoms with Gasteiger partial charge >= 0.3 is 0 Å². The van der Waals surface area contributed by atoms with Gasteiger partial charge in [-0.3, -0.25) is 0 Å². The molecular formula is C7H19N3O2S. The summed E-state index contributed by atoms with van der Waals surface area (Å²) in [5.41, 5.74) is 0. The van der Waals surface area contributed by atoms with E-state index in [1.165, 1.54) is 0 Å². The van der Waals surface area contributed by atoms with Gasteiger partial charge in [-0.25, -0.2) is 9.44 Å². The monoisotopic (exact) mass is 209 g/mol. The van der Waals surface area contributed by atoms with Crippen LogP contribution in [0.2, 0.25) is 0 Å². The van der Waals surface area contributed by atoms with Crippen LogP contribution in [0.25, 0.3) is 0 Å². The molecule has 3 N–H and O–H groups in total. The molecule has 0 aliphatic carbocycles. The van der Waals surface area contributed by atoms with Crippen LogP contribution in [-0.2, 0) is 10.2 Å². The van der Waals surface area contributed by atoms with Crippen molar-refractivity contribution in [2.24, 2.45) is 0 Å². The van der Waals surface area contributed by atoms with Crippen LogP contribution in [0.15, 0.2) is 0 Å². The third-order valence-electron chi connectivity index (χ3n) is 1.30. The highest BCUT2D eigenvalue weighted by Crippen LogP contribution is 1.76. The molecule has 13 heavy (non-hydrogen) atoms. The Morgan fingerprint density at radius 3 is 2.23 bits per heavy atom. The van der Waals surface area contributed by atoms with Gasteiger partial charge in [0.1, 0.15) is 0 Å². The molecule has 0 aromatic carbocycles. The zero-order valence-electron chi connectivity index (χ0n) is 8.42. The minimum Gasteiger partial charge on any atom is -0.313 e. The van der Waals surface area contributed by atoms with Gasteiger partial charge in [0, 0.05) is 25.7 Å². The van der Waals surface area contributed by atoms with Crippen molar-refractivity contribution < 1.29 is 8.42 Å². The number of hydrogen-bond acceptors (Lipinski definition) is 3. The van der Waals surface area contributed by atoms with Crippen LogP contribution in [-0.4, -0.2) is 34.1 Å². The van der Waals surface area contributed by atoms with Crippen LogP contribution < -0.4 is 14.8 Å². The van der Waals surface area contributed by atoms with Crippen molar-refractivity contribution in [2.45, 2.75) is 26.8 Å². The van der Waals surface area contributed by atoms with E-state index in [1.54, 1.807) is 6.92 Å². The Labute approximate surface area is 80.5 Å². The quantitative estimate of drug-likeness (QED) is 0.492. The van der Waals surface area contributed by atoms with Gasteiger partial charge < -0.3 is 5.32 Å². The number of rotatable bonds is 7. The maximum atomic E-state index is 11.0. The van der Waals surface area contributed by atoms with E-state index in [-0.39, 0.29) is 0 Å². The predicted octanol–water partition coefficient (Wildman–Crippen LogP) is -0.572. The normalized spacial score (nSPS) is 12.3. The molecule has 0 rings (SSSR count). The van der Waals surface area contributed by atoms with Crippen molar-refractivity contribution in [1.82, 2.24) is 14.8 Å². The summed E-state index contributed by atoms with van der Waals surface area (Å²) in [6.45, 7) is 7.23. The second-order valence-electron chi connectivity index (χ2n) is 3.00. The lowest BCUT2D eigenvalue weighted by molar-refractivity contribution is 0.551. The second-order valence-corrected chi connectivity index (χ2v) is 4.59. The molecule has 0 unspecified atom stereocenters. The zero-order valence-corrected chi connectivity index (χ0v) is 9.24. The van der Waals surface area contributed by atoms with E-state index >= 15 is 0 Å². The van der Waals surface area contributed by atoms with Gasteiger partial charge in [-0.2, -0.15) is 8.42 Å². The lowest BCUT2D eigenvalue weighted by Crippen LogP contribution is -2.40. The number of hydrogen-bond donors (Lipinski definition) is 3. The Morgan fingerprint density at radius 2 is 1.77 bits per heavy atom. The highest BCUT2D eigenvalue weighted by Gasteiger charge is 2.05. The first kappa shape index (κ1) is 12.8. The van der Waals surface area contributed by atoms with Crippen molar-refractivity contribution in [3.63, 3.8) is 0 Å². The minimum absolute atomic E-state index is 0.378. The molecule has 0 atom stereocenters. The van der Waals surface area contributed by atoms with Crippen LogP contribution in [0.3, 0.4) is 0 Å². The zero-order chi connectivity index (χ0) is 10.3. The first-order valence-electron chi connectivity index (χ1n) is 4.45. The molecule has 0 saturated carbocycles. The van der Waals surface area contributed by atoms with E-state index in [2.05, 4.69) is 14.8 Å². The van der Waals surface area contributed by atoms with Gasteiger partial charge in [0.25, 0.3) is 10.2 Å². The lowest BCUT2D eigenvalue weighted by atomic mass is 10.4. The second kappa shape index (κ2) is 6.31. The van der Waals surface area contributed by atoms with Gasteiger partial charge in [-0.1, -0.05) is 20.8 Å². The van der Waals surface area contributed by atoms with Gasteiger partial charge in [0.15, 0.2) is 0 Å². The molecule has 0 bridgehead atoms. The summed E-state index contributed by atoms with van der Waals surface area (Å²) in [5, 5.41) is 3.11. The summed E-state index contributed by atoms with van der Waals surface area (Å²) >= 11 is 0. The SMILES string of the molecule is CCNS(=O)(=O)NCCNC(C)C. The maximum Gasteiger partial charge on any atom is 0.276 e. The van der Waals surface area contributed by atoms with Crippen molar-refractivity contribution in [3.05, 3.63) is 0 Å². The molecule has 0 aromatic heterocycles. The van der Waals surface area contributed by atoms with E-state index in [0.717, 1.165) is 0 Å². The molecular weight excluding hydrogens is 190 g/mol. The Kier molecular flexibility index (Phi) is 6.23. The molecule has 0 radical (unpaired) electrons. The Bertz CT molecular complexity index is 214. The average molecular weight is 209 g/mol. The van der Waals surface area contributed by atoms with Crippen LogP contribution in [0.4, 0.5) is 0 Å². The highest BCUT2D eigenvalue weighted by atomic mass is 32.2. The molecule has 0 saturated heterocycles. The van der Waals surface area contributed by atoms with Crippen molar-refractivity contribution in [1.29, 1.82) is 0 Å². The summed E-state index contributed by atoms with van der Waals surface area (Å²) < 4.78 is 26.8. The molecule has 6 heteroatoms. The summed E-state index contributed by atoms with van der Waals surface area (Å²) in [6, 6.07) is 0.378. The molecule has 0 aliphatic heterocycles. The van der Waals surface area contributed by atoms with Crippen LogP contribution in [0.1, 0.15) is 20.8 Å². The third kappa shape index (κ3) is 8.17. The van der Waals surface area contributed by atoms with E-state index in [0.29, 0.717) is 25.7 Å². The molecule has 0 spiro atoms. The smallest absolute Gasteiger partial charge is 0.276 e. The van der Waals surface area contributed by atoms with Gasteiger partial charge in [0.2, 0.25) is 0 Å². The lowest BCUT2D eigenvalue weighted by Gasteiger charge is -2.09. The summed E-state index contributed by atoms with van der Waals surface area (Å²) in [7, 11) is -3.27. The predicted molar refractivity (Wildman–Crippen MR) is 53.7 cm³/mol. The molecule has 0 aromatic rings. The van der Waals surface area contributed by atoms with Gasteiger partial charge in [-0.05, 0) is 0 Å². The molecule has 0 amide bonds.